The van der Waals surface area contributed by atoms with Gasteiger partial charge < -0.3 is 0 Å². The van der Waals surface area contributed by atoms with Crippen molar-refractivity contribution in [1.82, 2.24) is 14.9 Å². The third kappa shape index (κ3) is 9.01. The van der Waals surface area contributed by atoms with Crippen LogP contribution in [0.5, 0.6) is 0 Å². The molecule has 0 aliphatic carbocycles. The zero-order chi connectivity index (χ0) is 10.6. The molecule has 3 rings (SSSR count). The minimum atomic E-state index is 0.736. The lowest BCUT2D eigenvalue weighted by Crippen LogP contribution is -2.04. The van der Waals surface area contributed by atoms with E-state index in [9.17, 15) is 0 Å². The lowest BCUT2D eigenvalue weighted by atomic mass is 10.5. The van der Waals surface area contributed by atoms with Crippen LogP contribution in [0.25, 0.3) is 0 Å². The summed E-state index contributed by atoms with van der Waals surface area (Å²) >= 11 is 3.65. The molecule has 0 bridgehead atoms. The Morgan fingerprint density at radius 3 is 1.87 bits per heavy atom. The maximum absolute atomic E-state index is 4.26. The van der Waals surface area contributed by atoms with Gasteiger partial charge in [0.1, 0.15) is 0 Å². The summed E-state index contributed by atoms with van der Waals surface area (Å²) in [4.78, 5) is 4.26. The molecule has 3 aliphatic heterocycles. The van der Waals surface area contributed by atoms with E-state index in [1.165, 1.54) is 37.4 Å². The van der Waals surface area contributed by atoms with Crippen LogP contribution < -0.4 is 14.9 Å². The molecule has 3 heterocycles. The van der Waals surface area contributed by atoms with Crippen LogP contribution in [0.4, 0.5) is 0 Å². The zero-order valence-electron chi connectivity index (χ0n) is 8.70. The Bertz CT molecular complexity index is 132. The van der Waals surface area contributed by atoms with Crippen LogP contribution >= 0.6 is 23.9 Å². The summed E-state index contributed by atoms with van der Waals surface area (Å²) < 4.78 is 6.28. The van der Waals surface area contributed by atoms with Crippen molar-refractivity contribution < 1.29 is 4.94 Å². The summed E-state index contributed by atoms with van der Waals surface area (Å²) in [6.45, 7) is 3.16. The van der Waals surface area contributed by atoms with E-state index in [2.05, 4.69) is 25.0 Å². The van der Waals surface area contributed by atoms with E-state index in [1.54, 1.807) is 6.21 Å². The number of hydrogen-bond acceptors (Lipinski definition) is 7. The first kappa shape index (κ1) is 13.1. The predicted octanol–water partition coefficient (Wildman–Crippen LogP) is 0.763. The van der Waals surface area contributed by atoms with Gasteiger partial charge in [0.25, 0.3) is 0 Å². The molecule has 2 saturated heterocycles. The summed E-state index contributed by atoms with van der Waals surface area (Å²) in [5.74, 6) is 2.61. The highest BCUT2D eigenvalue weighted by Crippen LogP contribution is 2.02. The van der Waals surface area contributed by atoms with Gasteiger partial charge in [-0.15, -0.1) is 5.48 Å². The summed E-state index contributed by atoms with van der Waals surface area (Å²) in [6, 6.07) is 0. The fourth-order valence-electron chi connectivity index (χ4n) is 0.908. The van der Waals surface area contributed by atoms with Crippen LogP contribution in [0.3, 0.4) is 0 Å². The molecule has 0 saturated carbocycles. The standard InChI is InChI=1S/2C3H7NS.C2H4N2O/c3*1-2-4-5-3-1/h2*4H,1-3H2;1,4H,2H2. The van der Waals surface area contributed by atoms with Crippen molar-refractivity contribution in [3.05, 3.63) is 0 Å². The minimum Gasteiger partial charge on any atom is -0.300 e. The lowest BCUT2D eigenvalue weighted by Gasteiger charge is -1.78. The van der Waals surface area contributed by atoms with Gasteiger partial charge in [0, 0.05) is 24.6 Å². The molecule has 0 aromatic carbocycles. The fourth-order valence-corrected chi connectivity index (χ4v) is 2.35. The molecule has 0 aromatic rings. The number of hydrogen-bond donors (Lipinski definition) is 3. The molecule has 3 N–H and O–H groups in total. The highest BCUT2D eigenvalue weighted by molar-refractivity contribution is 7.97. The highest BCUT2D eigenvalue weighted by atomic mass is 32.2. The average Bonchev–Trinajstić information content (AvgIpc) is 3.09. The molecule has 0 amide bonds. The van der Waals surface area contributed by atoms with Crippen LogP contribution in [0, 0.1) is 0 Å². The SMILES string of the molecule is C1=NONC1.C1CNSC1.C1CNSC1. The Balaban J connectivity index is 0.000000112. The molecule has 0 spiro atoms. The predicted molar refractivity (Wildman–Crippen MR) is 67.7 cm³/mol. The maximum Gasteiger partial charge on any atom is 0.0729 e. The van der Waals surface area contributed by atoms with Crippen molar-refractivity contribution in [2.45, 2.75) is 12.8 Å². The monoisotopic (exact) mass is 250 g/mol. The third-order valence-corrected chi connectivity index (χ3v) is 3.42. The minimum absolute atomic E-state index is 0.736. The van der Waals surface area contributed by atoms with Gasteiger partial charge in [-0.1, -0.05) is 29.1 Å². The molecule has 0 aromatic heterocycles. The summed E-state index contributed by atoms with van der Waals surface area (Å²) in [5, 5.41) is 3.35. The maximum atomic E-state index is 4.26. The number of rotatable bonds is 0. The Labute approximate surface area is 99.4 Å². The molecular weight excluding hydrogens is 232 g/mol. The van der Waals surface area contributed by atoms with Gasteiger partial charge in [-0.05, 0) is 12.8 Å². The third-order valence-electron chi connectivity index (χ3n) is 1.62. The van der Waals surface area contributed by atoms with Gasteiger partial charge in [-0.3, -0.25) is 14.4 Å². The van der Waals surface area contributed by atoms with Gasteiger partial charge in [0.2, 0.25) is 0 Å². The highest BCUT2D eigenvalue weighted by Gasteiger charge is 1.94. The molecule has 7 heteroatoms. The van der Waals surface area contributed by atoms with Crippen molar-refractivity contribution in [3.63, 3.8) is 0 Å². The van der Waals surface area contributed by atoms with Crippen molar-refractivity contribution in [1.29, 1.82) is 0 Å². The Hall–Kier alpha value is 0.0500. The second-order valence-corrected chi connectivity index (χ2v) is 4.89. The molecule has 15 heavy (non-hydrogen) atoms. The molecule has 88 valence electrons. The normalized spacial score (nSPS) is 22.4. The van der Waals surface area contributed by atoms with Crippen molar-refractivity contribution in [3.8, 4) is 0 Å². The van der Waals surface area contributed by atoms with E-state index in [0.717, 1.165) is 6.54 Å². The molecule has 0 atom stereocenters. The number of hydroxylamine groups is 1. The Kier molecular flexibility index (Phi) is 9.24. The van der Waals surface area contributed by atoms with E-state index in [-0.39, 0.29) is 0 Å². The van der Waals surface area contributed by atoms with Crippen LogP contribution in [0.2, 0.25) is 0 Å². The number of nitrogens with one attached hydrogen (secondary N) is 3. The van der Waals surface area contributed by atoms with E-state index in [4.69, 9.17) is 0 Å². The van der Waals surface area contributed by atoms with E-state index in [0.29, 0.717) is 0 Å². The van der Waals surface area contributed by atoms with Crippen molar-refractivity contribution in [2.24, 2.45) is 5.16 Å². The smallest absolute Gasteiger partial charge is 0.0729 e. The molecule has 2 fully saturated rings. The number of oxime groups is 1. The number of nitrogens with zero attached hydrogens (tertiary/aromatic N) is 1. The van der Waals surface area contributed by atoms with Gasteiger partial charge in [0.05, 0.1) is 12.8 Å². The molecule has 3 aliphatic rings. The second kappa shape index (κ2) is 10.6. The molecule has 5 nitrogen and oxygen atoms in total. The lowest BCUT2D eigenvalue weighted by molar-refractivity contribution is 0.0777. The van der Waals surface area contributed by atoms with Gasteiger partial charge >= 0.3 is 0 Å². The summed E-state index contributed by atoms with van der Waals surface area (Å²) in [5.41, 5.74) is 2.50. The largest absolute Gasteiger partial charge is 0.300 e. The van der Waals surface area contributed by atoms with Gasteiger partial charge in [0.15, 0.2) is 0 Å². The first-order valence-electron chi connectivity index (χ1n) is 5.10. The van der Waals surface area contributed by atoms with E-state index >= 15 is 0 Å². The van der Waals surface area contributed by atoms with Gasteiger partial charge in [-0.25, -0.2) is 0 Å². The van der Waals surface area contributed by atoms with Crippen LogP contribution in [-0.4, -0.2) is 37.4 Å². The van der Waals surface area contributed by atoms with E-state index in [1.807, 2.05) is 23.9 Å². The first-order valence-corrected chi connectivity index (χ1v) is 7.07. The van der Waals surface area contributed by atoms with Crippen molar-refractivity contribution >= 4 is 30.1 Å². The second-order valence-electron chi connectivity index (χ2n) is 2.92. The Morgan fingerprint density at radius 2 is 1.73 bits per heavy atom. The van der Waals surface area contributed by atoms with Crippen LogP contribution in [-0.2, 0) is 4.94 Å². The van der Waals surface area contributed by atoms with Crippen molar-refractivity contribution in [2.75, 3.05) is 31.1 Å². The molecule has 0 unspecified atom stereocenters. The Morgan fingerprint density at radius 1 is 1.07 bits per heavy atom. The molecular formula is C8H18N4OS2. The quantitative estimate of drug-likeness (QED) is 0.552. The average molecular weight is 250 g/mol. The van der Waals surface area contributed by atoms with E-state index < -0.39 is 0 Å². The topological polar surface area (TPSA) is 57.7 Å². The zero-order valence-corrected chi connectivity index (χ0v) is 10.3. The first-order chi connectivity index (χ1) is 7.50. The fraction of sp³-hybridized carbons (Fsp3) is 0.875. The molecule has 0 radical (unpaired) electrons. The summed E-state index contributed by atoms with van der Waals surface area (Å²) in [7, 11) is 0. The van der Waals surface area contributed by atoms with Crippen LogP contribution in [0.1, 0.15) is 12.8 Å². The summed E-state index contributed by atoms with van der Waals surface area (Å²) in [6.07, 6.45) is 4.36. The van der Waals surface area contributed by atoms with Crippen LogP contribution in [0.15, 0.2) is 5.16 Å². The van der Waals surface area contributed by atoms with Gasteiger partial charge in [-0.2, -0.15) is 0 Å².